The second kappa shape index (κ2) is 8.59. The topological polar surface area (TPSA) is 20.2 Å². The van der Waals surface area contributed by atoms with Crippen molar-refractivity contribution >= 4 is 35.3 Å². The van der Waals surface area contributed by atoms with E-state index in [1.807, 2.05) is 0 Å². The fourth-order valence-corrected chi connectivity index (χ4v) is 7.36. The third-order valence-corrected chi connectivity index (χ3v) is 8.95. The van der Waals surface area contributed by atoms with Gasteiger partial charge < -0.3 is 5.11 Å². The summed E-state index contributed by atoms with van der Waals surface area (Å²) < 4.78 is 0. The summed E-state index contributed by atoms with van der Waals surface area (Å²) in [6, 6.07) is 0. The van der Waals surface area contributed by atoms with Crippen LogP contribution in [0.2, 0.25) is 0 Å². The molecule has 3 aliphatic heterocycles. The van der Waals surface area contributed by atoms with Gasteiger partial charge in [-0.15, -0.1) is 0 Å². The highest BCUT2D eigenvalue weighted by Gasteiger charge is 2.31. The fourth-order valence-electron chi connectivity index (χ4n) is 3.31. The molecule has 0 aliphatic carbocycles. The number of fused-ring (bicyclic) bond motifs is 12. The van der Waals surface area contributed by atoms with Crippen LogP contribution in [0.4, 0.5) is 0 Å². The maximum atomic E-state index is 9.96. The van der Waals surface area contributed by atoms with E-state index in [1.165, 1.54) is 55.8 Å². The molecule has 1 N–H and O–H groups in total. The summed E-state index contributed by atoms with van der Waals surface area (Å²) in [5.74, 6) is 7.31. The average molecular weight is 335 g/mol. The van der Waals surface area contributed by atoms with Crippen molar-refractivity contribution in [3.63, 3.8) is 0 Å². The Labute approximate surface area is 137 Å². The van der Waals surface area contributed by atoms with Crippen molar-refractivity contribution in [2.75, 3.05) is 41.1 Å². The van der Waals surface area contributed by atoms with Crippen LogP contribution >= 0.6 is 35.3 Å². The number of aliphatic hydroxyl groups is 1. The molecule has 0 radical (unpaired) electrons. The first kappa shape index (κ1) is 17.4. The van der Waals surface area contributed by atoms with Crippen molar-refractivity contribution in [3.05, 3.63) is 0 Å². The van der Waals surface area contributed by atoms with Crippen LogP contribution in [0.3, 0.4) is 0 Å². The molecule has 0 unspecified atom stereocenters. The lowest BCUT2D eigenvalue weighted by molar-refractivity contribution is 0.188. The number of rotatable bonds is 1. The monoisotopic (exact) mass is 334 g/mol. The normalized spacial score (nSPS) is 38.1. The molecule has 3 heterocycles. The van der Waals surface area contributed by atoms with E-state index in [-0.39, 0.29) is 5.41 Å². The smallest absolute Gasteiger partial charge is 0.0511 e. The van der Waals surface area contributed by atoms with Crippen molar-refractivity contribution in [3.8, 4) is 0 Å². The van der Waals surface area contributed by atoms with Crippen LogP contribution in [0, 0.1) is 10.8 Å². The van der Waals surface area contributed by atoms with Gasteiger partial charge in [0.25, 0.3) is 0 Å². The highest BCUT2D eigenvalue weighted by molar-refractivity contribution is 8.01. The zero-order valence-corrected chi connectivity index (χ0v) is 15.3. The predicted molar refractivity (Wildman–Crippen MR) is 97.3 cm³/mol. The fraction of sp³-hybridized carbons (Fsp3) is 1.00. The minimum Gasteiger partial charge on any atom is -0.396 e. The molecular weight excluding hydrogens is 304 g/mol. The Morgan fingerprint density at radius 3 is 1.55 bits per heavy atom. The van der Waals surface area contributed by atoms with E-state index in [9.17, 15) is 5.11 Å². The molecule has 0 aromatic carbocycles. The summed E-state index contributed by atoms with van der Waals surface area (Å²) in [6.07, 6.45) is 8.30. The Morgan fingerprint density at radius 2 is 1.20 bits per heavy atom. The number of thioether (sulfide) groups is 3. The Morgan fingerprint density at radius 1 is 0.800 bits per heavy atom. The number of hydrogen-bond acceptors (Lipinski definition) is 4. The molecule has 0 saturated carbocycles. The lowest BCUT2D eigenvalue weighted by atomic mass is 9.78. The van der Waals surface area contributed by atoms with Gasteiger partial charge in [0.15, 0.2) is 0 Å². The summed E-state index contributed by atoms with van der Waals surface area (Å²) in [4.78, 5) is 0. The maximum Gasteiger partial charge on any atom is 0.0511 e. The quantitative estimate of drug-likeness (QED) is 0.759. The van der Waals surface area contributed by atoms with E-state index in [0.717, 1.165) is 17.3 Å². The standard InChI is InChI=1S/C16H30OS3/c1-15-5-2-8-18-12-16(11-17,13-19-9-3-6-15)14-20-10-4-7-15/h17H,2-14H2,1H3. The zero-order chi connectivity index (χ0) is 14.3. The molecule has 118 valence electrons. The zero-order valence-electron chi connectivity index (χ0n) is 12.9. The Hall–Kier alpha value is 1.01. The summed E-state index contributed by atoms with van der Waals surface area (Å²) in [5.41, 5.74) is 0.760. The van der Waals surface area contributed by atoms with E-state index in [4.69, 9.17) is 0 Å². The van der Waals surface area contributed by atoms with Gasteiger partial charge in [0.1, 0.15) is 0 Å². The largest absolute Gasteiger partial charge is 0.396 e. The first-order chi connectivity index (χ1) is 9.68. The molecular formula is C16H30OS3. The van der Waals surface area contributed by atoms with Crippen LogP contribution in [0.25, 0.3) is 0 Å². The molecule has 4 heteroatoms. The third-order valence-electron chi connectivity index (χ3n) is 4.77. The third kappa shape index (κ3) is 5.33. The van der Waals surface area contributed by atoms with Crippen molar-refractivity contribution < 1.29 is 5.11 Å². The van der Waals surface area contributed by atoms with Gasteiger partial charge in [-0.2, -0.15) is 35.3 Å². The molecule has 2 bridgehead atoms. The molecule has 0 aromatic heterocycles. The molecule has 0 spiro atoms. The van der Waals surface area contributed by atoms with E-state index < -0.39 is 0 Å². The average Bonchev–Trinajstić information content (AvgIpc) is 2.42. The number of aliphatic hydroxyl groups excluding tert-OH is 1. The molecule has 3 rings (SSSR count). The molecule has 20 heavy (non-hydrogen) atoms. The Balaban J connectivity index is 2.09. The van der Waals surface area contributed by atoms with Crippen LogP contribution in [0.1, 0.15) is 45.4 Å². The van der Waals surface area contributed by atoms with Crippen LogP contribution in [-0.2, 0) is 0 Å². The van der Waals surface area contributed by atoms with Gasteiger partial charge in [0, 0.05) is 22.7 Å². The summed E-state index contributed by atoms with van der Waals surface area (Å²) in [7, 11) is 0. The van der Waals surface area contributed by atoms with E-state index >= 15 is 0 Å². The van der Waals surface area contributed by atoms with Crippen LogP contribution in [0.15, 0.2) is 0 Å². The molecule has 3 saturated heterocycles. The summed E-state index contributed by atoms with van der Waals surface area (Å²) in [6.45, 7) is 2.90. The second-order valence-electron chi connectivity index (χ2n) is 6.94. The second-order valence-corrected chi connectivity index (χ2v) is 10.3. The predicted octanol–water partition coefficient (Wildman–Crippen LogP) is 4.54. The lowest BCUT2D eigenvalue weighted by Crippen LogP contribution is -2.35. The Kier molecular flexibility index (Phi) is 7.46. The van der Waals surface area contributed by atoms with Crippen LogP contribution in [-0.4, -0.2) is 46.2 Å². The molecule has 3 aliphatic rings. The summed E-state index contributed by atoms with van der Waals surface area (Å²) >= 11 is 6.26. The van der Waals surface area contributed by atoms with Crippen LogP contribution in [0.5, 0.6) is 0 Å². The number of hydrogen-bond donors (Lipinski definition) is 1. The minimum atomic E-state index is 0.168. The molecule has 0 aromatic rings. The van der Waals surface area contributed by atoms with Gasteiger partial charge in [-0.1, -0.05) is 6.92 Å². The lowest BCUT2D eigenvalue weighted by Gasteiger charge is -2.35. The molecule has 0 amide bonds. The van der Waals surface area contributed by atoms with E-state index in [2.05, 4.69) is 42.2 Å². The van der Waals surface area contributed by atoms with E-state index in [0.29, 0.717) is 12.0 Å². The minimum absolute atomic E-state index is 0.168. The highest BCUT2D eigenvalue weighted by atomic mass is 32.2. The van der Waals surface area contributed by atoms with Gasteiger partial charge in [0.2, 0.25) is 0 Å². The SMILES string of the molecule is CC12CCCSCC(CO)(CSCCC1)CSCCC2. The molecule has 3 fully saturated rings. The van der Waals surface area contributed by atoms with Crippen molar-refractivity contribution in [2.45, 2.75) is 45.4 Å². The maximum absolute atomic E-state index is 9.96. The molecule has 1 nitrogen and oxygen atoms in total. The highest BCUT2D eigenvalue weighted by Crippen LogP contribution is 2.40. The van der Waals surface area contributed by atoms with Gasteiger partial charge in [-0.05, 0) is 61.2 Å². The van der Waals surface area contributed by atoms with E-state index in [1.54, 1.807) is 0 Å². The van der Waals surface area contributed by atoms with Crippen molar-refractivity contribution in [2.24, 2.45) is 10.8 Å². The van der Waals surface area contributed by atoms with Crippen molar-refractivity contribution in [1.82, 2.24) is 0 Å². The van der Waals surface area contributed by atoms with Gasteiger partial charge in [-0.3, -0.25) is 0 Å². The van der Waals surface area contributed by atoms with Crippen LogP contribution < -0.4 is 0 Å². The molecule has 0 atom stereocenters. The van der Waals surface area contributed by atoms with Gasteiger partial charge >= 0.3 is 0 Å². The Bertz CT molecular complexity index is 244. The first-order valence-corrected chi connectivity index (χ1v) is 11.5. The van der Waals surface area contributed by atoms with Crippen molar-refractivity contribution in [1.29, 1.82) is 0 Å². The summed E-state index contributed by atoms with van der Waals surface area (Å²) in [5, 5.41) is 9.96. The first-order valence-electron chi connectivity index (χ1n) is 8.02. The van der Waals surface area contributed by atoms with Gasteiger partial charge in [-0.25, -0.2) is 0 Å². The van der Waals surface area contributed by atoms with Gasteiger partial charge in [0.05, 0.1) is 6.61 Å².